The summed E-state index contributed by atoms with van der Waals surface area (Å²) in [5.41, 5.74) is 4.53. The van der Waals surface area contributed by atoms with Crippen LogP contribution in [0.2, 0.25) is 0 Å². The molecule has 0 radical (unpaired) electrons. The molecule has 1 aromatic heterocycles. The average Bonchev–Trinajstić information content (AvgIpc) is 2.87. The highest BCUT2D eigenvalue weighted by Crippen LogP contribution is 2.21. The second-order valence-electron chi connectivity index (χ2n) is 8.66. The zero-order chi connectivity index (χ0) is 23.9. The SMILES string of the molecule is Cc1cnc(C(=O)N(CCC(=O)N2CCN(c3ccccc3C)CC2)Cc2ccccc2)cn1. The first kappa shape index (κ1) is 23.4. The van der Waals surface area contributed by atoms with Crippen LogP contribution >= 0.6 is 0 Å². The van der Waals surface area contributed by atoms with Gasteiger partial charge in [0.2, 0.25) is 5.91 Å². The summed E-state index contributed by atoms with van der Waals surface area (Å²) in [5, 5.41) is 0. The summed E-state index contributed by atoms with van der Waals surface area (Å²) < 4.78 is 0. The topological polar surface area (TPSA) is 69.6 Å². The number of amides is 2. The summed E-state index contributed by atoms with van der Waals surface area (Å²) in [4.78, 5) is 40.6. The van der Waals surface area contributed by atoms with Crippen LogP contribution in [0, 0.1) is 13.8 Å². The predicted molar refractivity (Wildman–Crippen MR) is 133 cm³/mol. The van der Waals surface area contributed by atoms with Crippen LogP contribution in [-0.4, -0.2) is 64.3 Å². The summed E-state index contributed by atoms with van der Waals surface area (Å²) >= 11 is 0. The fourth-order valence-corrected chi connectivity index (χ4v) is 4.22. The fraction of sp³-hybridized carbons (Fsp3) is 0.333. The number of carbonyl (C=O) groups is 2. The van der Waals surface area contributed by atoms with Crippen LogP contribution < -0.4 is 4.90 Å². The van der Waals surface area contributed by atoms with Gasteiger partial charge < -0.3 is 14.7 Å². The highest BCUT2D eigenvalue weighted by atomic mass is 16.2. The van der Waals surface area contributed by atoms with Gasteiger partial charge >= 0.3 is 0 Å². The molecule has 0 aliphatic carbocycles. The van der Waals surface area contributed by atoms with Crippen LogP contribution in [0.4, 0.5) is 5.69 Å². The van der Waals surface area contributed by atoms with Crippen molar-refractivity contribution in [3.63, 3.8) is 0 Å². The molecule has 176 valence electrons. The van der Waals surface area contributed by atoms with Crippen LogP contribution in [0.3, 0.4) is 0 Å². The van der Waals surface area contributed by atoms with Crippen molar-refractivity contribution in [1.82, 2.24) is 19.8 Å². The van der Waals surface area contributed by atoms with Crippen LogP contribution in [0.15, 0.2) is 67.0 Å². The zero-order valence-corrected chi connectivity index (χ0v) is 19.9. The van der Waals surface area contributed by atoms with Crippen LogP contribution in [0.25, 0.3) is 0 Å². The largest absolute Gasteiger partial charge is 0.368 e. The Morgan fingerprint density at radius 2 is 1.59 bits per heavy atom. The van der Waals surface area contributed by atoms with Crippen molar-refractivity contribution in [2.45, 2.75) is 26.8 Å². The van der Waals surface area contributed by atoms with Gasteiger partial charge in [-0.15, -0.1) is 0 Å². The molecule has 1 aliphatic heterocycles. The average molecular weight is 458 g/mol. The first-order chi connectivity index (χ1) is 16.5. The summed E-state index contributed by atoms with van der Waals surface area (Å²) in [6.07, 6.45) is 3.37. The highest BCUT2D eigenvalue weighted by Gasteiger charge is 2.24. The number of aryl methyl sites for hydroxylation is 2. The number of benzene rings is 2. The Labute approximate surface area is 201 Å². The molecule has 0 unspecified atom stereocenters. The molecule has 1 aliphatic rings. The van der Waals surface area contributed by atoms with Crippen LogP contribution in [0.1, 0.15) is 33.7 Å². The highest BCUT2D eigenvalue weighted by molar-refractivity contribution is 5.92. The normalized spacial score (nSPS) is 13.6. The quantitative estimate of drug-likeness (QED) is 0.543. The second kappa shape index (κ2) is 10.9. The van der Waals surface area contributed by atoms with E-state index in [1.807, 2.05) is 48.2 Å². The van der Waals surface area contributed by atoms with E-state index in [1.54, 1.807) is 11.1 Å². The Hall–Kier alpha value is -3.74. The Morgan fingerprint density at radius 1 is 0.882 bits per heavy atom. The molecule has 0 bridgehead atoms. The van der Waals surface area contributed by atoms with Crippen molar-refractivity contribution >= 4 is 17.5 Å². The van der Waals surface area contributed by atoms with Gasteiger partial charge in [-0.3, -0.25) is 14.6 Å². The third kappa shape index (κ3) is 5.78. The molecular formula is C27H31N5O2. The maximum absolute atomic E-state index is 13.2. The van der Waals surface area contributed by atoms with Gasteiger partial charge in [-0.2, -0.15) is 0 Å². The first-order valence-corrected chi connectivity index (χ1v) is 11.7. The first-order valence-electron chi connectivity index (χ1n) is 11.7. The monoisotopic (exact) mass is 457 g/mol. The van der Waals surface area contributed by atoms with Crippen molar-refractivity contribution < 1.29 is 9.59 Å². The summed E-state index contributed by atoms with van der Waals surface area (Å²) in [6, 6.07) is 18.1. The number of carbonyl (C=O) groups excluding carboxylic acids is 2. The van der Waals surface area contributed by atoms with E-state index < -0.39 is 0 Å². The summed E-state index contributed by atoms with van der Waals surface area (Å²) in [5.74, 6) is -0.140. The molecule has 34 heavy (non-hydrogen) atoms. The van der Waals surface area contributed by atoms with Crippen molar-refractivity contribution in [2.24, 2.45) is 0 Å². The maximum atomic E-state index is 13.2. The molecule has 7 nitrogen and oxygen atoms in total. The van der Waals surface area contributed by atoms with E-state index in [9.17, 15) is 9.59 Å². The van der Waals surface area contributed by atoms with E-state index in [-0.39, 0.29) is 18.2 Å². The number of piperazine rings is 1. The van der Waals surface area contributed by atoms with E-state index in [0.29, 0.717) is 31.9 Å². The third-order valence-corrected chi connectivity index (χ3v) is 6.19. The van der Waals surface area contributed by atoms with Gasteiger partial charge in [0.05, 0.1) is 11.9 Å². The van der Waals surface area contributed by atoms with Crippen molar-refractivity contribution in [3.05, 3.63) is 89.5 Å². The summed E-state index contributed by atoms with van der Waals surface area (Å²) in [7, 11) is 0. The minimum Gasteiger partial charge on any atom is -0.368 e. The lowest BCUT2D eigenvalue weighted by atomic mass is 10.1. The summed E-state index contributed by atoms with van der Waals surface area (Å²) in [6.45, 7) is 7.69. The molecule has 0 atom stereocenters. The number of anilines is 1. The van der Waals surface area contributed by atoms with Gasteiger partial charge in [0.15, 0.2) is 0 Å². The van der Waals surface area contributed by atoms with E-state index in [2.05, 4.69) is 40.0 Å². The van der Waals surface area contributed by atoms with Gasteiger partial charge in [0.1, 0.15) is 5.69 Å². The van der Waals surface area contributed by atoms with Gasteiger partial charge in [-0.25, -0.2) is 4.98 Å². The number of rotatable bonds is 7. The minimum atomic E-state index is -0.214. The van der Waals surface area contributed by atoms with Crippen molar-refractivity contribution in [3.8, 4) is 0 Å². The molecule has 7 heteroatoms. The molecule has 2 heterocycles. The maximum Gasteiger partial charge on any atom is 0.274 e. The molecule has 0 spiro atoms. The Kier molecular flexibility index (Phi) is 7.52. The lowest BCUT2D eigenvalue weighted by molar-refractivity contribution is -0.131. The molecule has 0 N–H and O–H groups in total. The van der Waals surface area contributed by atoms with Gasteiger partial charge in [0.25, 0.3) is 5.91 Å². The van der Waals surface area contributed by atoms with Gasteiger partial charge in [-0.1, -0.05) is 48.5 Å². The Balaban J connectivity index is 1.37. The number of para-hydroxylation sites is 1. The number of aromatic nitrogens is 2. The Bertz CT molecular complexity index is 1110. The number of nitrogens with zero attached hydrogens (tertiary/aromatic N) is 5. The lowest BCUT2D eigenvalue weighted by Gasteiger charge is -2.37. The molecule has 3 aromatic rings. The predicted octanol–water partition coefficient (Wildman–Crippen LogP) is 3.47. The second-order valence-corrected chi connectivity index (χ2v) is 8.66. The van der Waals surface area contributed by atoms with Crippen molar-refractivity contribution in [1.29, 1.82) is 0 Å². The molecular weight excluding hydrogens is 426 g/mol. The molecule has 4 rings (SSSR count). The van der Waals surface area contributed by atoms with Crippen LogP contribution in [0.5, 0.6) is 0 Å². The fourth-order valence-electron chi connectivity index (χ4n) is 4.22. The number of hydrogen-bond acceptors (Lipinski definition) is 5. The molecule has 2 aromatic carbocycles. The smallest absolute Gasteiger partial charge is 0.274 e. The lowest BCUT2D eigenvalue weighted by Crippen LogP contribution is -2.49. The molecule has 1 fully saturated rings. The van der Waals surface area contributed by atoms with Crippen molar-refractivity contribution in [2.75, 3.05) is 37.6 Å². The number of hydrogen-bond donors (Lipinski definition) is 0. The van der Waals surface area contributed by atoms with Crippen LogP contribution in [-0.2, 0) is 11.3 Å². The van der Waals surface area contributed by atoms with Gasteiger partial charge in [-0.05, 0) is 31.0 Å². The molecule has 0 saturated carbocycles. The molecule has 2 amide bonds. The zero-order valence-electron chi connectivity index (χ0n) is 19.9. The van der Waals surface area contributed by atoms with Gasteiger partial charge in [0, 0.05) is 57.6 Å². The molecule has 1 saturated heterocycles. The Morgan fingerprint density at radius 3 is 2.26 bits per heavy atom. The van der Waals surface area contributed by atoms with E-state index in [0.717, 1.165) is 24.3 Å². The third-order valence-electron chi connectivity index (χ3n) is 6.19. The standard InChI is InChI=1S/C27H31N5O2/c1-21-8-6-7-11-25(21)30-14-16-31(17-15-30)26(33)12-13-32(20-23-9-4-3-5-10-23)27(34)24-19-28-22(2)18-29-24/h3-11,18-19H,12-17,20H2,1-2H3. The van der Waals surface area contributed by atoms with E-state index in [4.69, 9.17) is 0 Å². The minimum absolute atomic E-state index is 0.0743. The van der Waals surface area contributed by atoms with E-state index in [1.165, 1.54) is 17.4 Å². The van der Waals surface area contributed by atoms with E-state index >= 15 is 0 Å².